The lowest BCUT2D eigenvalue weighted by Crippen LogP contribution is -2.49. The first-order chi connectivity index (χ1) is 20.2. The summed E-state index contributed by atoms with van der Waals surface area (Å²) in [6.45, 7) is 1.85. The average molecular weight is 625 g/mol. The number of nitrogens with zero attached hydrogens (tertiary/aromatic N) is 1. The van der Waals surface area contributed by atoms with E-state index in [1.54, 1.807) is 30.3 Å². The molecule has 0 aromatic heterocycles. The van der Waals surface area contributed by atoms with E-state index in [9.17, 15) is 17.8 Å². The Balaban J connectivity index is 1.31. The van der Waals surface area contributed by atoms with Gasteiger partial charge in [0.05, 0.1) is 23.6 Å². The second kappa shape index (κ2) is 10.8. The summed E-state index contributed by atoms with van der Waals surface area (Å²) in [5.74, 6) is 1.18. The number of hydrogen-bond donors (Lipinski definition) is 1. The first kappa shape index (κ1) is 28.1. The second-order valence-electron chi connectivity index (χ2n) is 12.2. The molecule has 1 unspecified atom stereocenters. The molecule has 0 radical (unpaired) electrons. The molecule has 4 aliphatic rings. The summed E-state index contributed by atoms with van der Waals surface area (Å²) in [4.78, 5) is 15.9. The number of halogens is 1. The van der Waals surface area contributed by atoms with Crippen LogP contribution in [0.2, 0.25) is 5.02 Å². The number of amides is 1. The van der Waals surface area contributed by atoms with Crippen molar-refractivity contribution in [3.63, 3.8) is 0 Å². The van der Waals surface area contributed by atoms with Crippen molar-refractivity contribution < 1.29 is 22.5 Å². The highest BCUT2D eigenvalue weighted by Crippen LogP contribution is 2.46. The van der Waals surface area contributed by atoms with Gasteiger partial charge < -0.3 is 14.2 Å². The van der Waals surface area contributed by atoms with Crippen LogP contribution in [0.15, 0.2) is 70.5 Å². The summed E-state index contributed by atoms with van der Waals surface area (Å²) in [6.07, 6.45) is 4.84. The number of rotatable bonds is 0. The van der Waals surface area contributed by atoms with Gasteiger partial charge in [0.15, 0.2) is 4.90 Å². The molecular weight excluding hydrogens is 592 g/mol. The molecule has 10 heteroatoms. The van der Waals surface area contributed by atoms with Gasteiger partial charge in [-0.1, -0.05) is 29.8 Å². The molecule has 1 spiro atoms. The fraction of sp³-hybridized carbons (Fsp3) is 0.406. The lowest BCUT2D eigenvalue weighted by molar-refractivity contribution is -0.118. The molecule has 7 rings (SSSR count). The quantitative estimate of drug-likeness (QED) is 0.353. The number of ether oxygens (including phenoxy) is 1. The van der Waals surface area contributed by atoms with Crippen LogP contribution in [0.1, 0.15) is 42.4 Å². The van der Waals surface area contributed by atoms with Crippen LogP contribution < -0.4 is 14.4 Å². The fourth-order valence-electron chi connectivity index (χ4n) is 7.16. The lowest BCUT2D eigenvalue weighted by atomic mass is 9.69. The Bertz CT molecular complexity index is 1660. The van der Waals surface area contributed by atoms with Crippen LogP contribution in [0.5, 0.6) is 5.75 Å². The molecule has 3 aromatic carbocycles. The van der Waals surface area contributed by atoms with E-state index >= 15 is 0 Å². The van der Waals surface area contributed by atoms with E-state index in [0.29, 0.717) is 59.2 Å². The standard InChI is InChI=1S/C32H33ClN2O5S2/c33-25-8-10-28-22(15-25)4-2-12-32(28)19-35-17-23-6-7-24(23)18-41(37)26-5-1-3-21(13-26)14-31(36)34-42(38,39)27-9-11-30(40-20-32)29(35)16-27/h1,3,5,8-11,13,15-16,23-24H,2,4,6-7,12,14,17-20H2,(H,34,36)/t23-,24-,32-,41?/m0/s1. The highest BCUT2D eigenvalue weighted by molar-refractivity contribution is 7.91. The number of fused-ring (bicyclic) bond motifs is 6. The highest BCUT2D eigenvalue weighted by Gasteiger charge is 2.44. The number of carbonyl (C=O) groups excluding carboxylic acids is 1. The number of nitrogens with one attached hydrogen (secondary N) is 1. The predicted molar refractivity (Wildman–Crippen MR) is 163 cm³/mol. The Morgan fingerprint density at radius 3 is 2.76 bits per heavy atom. The van der Waals surface area contributed by atoms with Gasteiger partial charge in [-0.25, -0.2) is 13.1 Å². The summed E-state index contributed by atoms with van der Waals surface area (Å²) >= 11 is 5.16. The molecule has 4 atom stereocenters. The van der Waals surface area contributed by atoms with Gasteiger partial charge in [-0.05, 0) is 108 Å². The van der Waals surface area contributed by atoms with Gasteiger partial charge >= 0.3 is 0 Å². The van der Waals surface area contributed by atoms with Crippen molar-refractivity contribution in [3.05, 3.63) is 82.4 Å². The van der Waals surface area contributed by atoms with Gasteiger partial charge in [-0.3, -0.25) is 4.79 Å². The van der Waals surface area contributed by atoms with Gasteiger partial charge in [0.1, 0.15) is 11.5 Å². The maximum absolute atomic E-state index is 13.4. The Hall–Kier alpha value is -2.72. The van der Waals surface area contributed by atoms with Crippen LogP contribution >= 0.6 is 11.6 Å². The third kappa shape index (κ3) is 5.19. The Labute approximate surface area is 254 Å². The van der Waals surface area contributed by atoms with E-state index in [0.717, 1.165) is 37.1 Å². The molecule has 3 aromatic rings. The minimum atomic E-state index is -4.13. The van der Waals surface area contributed by atoms with Crippen molar-refractivity contribution in [1.29, 1.82) is 0 Å². The zero-order chi connectivity index (χ0) is 29.1. The van der Waals surface area contributed by atoms with Crippen molar-refractivity contribution in [2.75, 3.05) is 30.3 Å². The molecule has 4 bridgehead atoms. The Kier molecular flexibility index (Phi) is 7.20. The molecule has 2 aliphatic carbocycles. The minimum absolute atomic E-state index is 0.0297. The highest BCUT2D eigenvalue weighted by atomic mass is 35.5. The van der Waals surface area contributed by atoms with Crippen LogP contribution in [-0.4, -0.2) is 44.3 Å². The molecule has 220 valence electrons. The smallest absolute Gasteiger partial charge is 0.264 e. The maximum Gasteiger partial charge on any atom is 0.264 e. The monoisotopic (exact) mass is 624 g/mol. The van der Waals surface area contributed by atoms with Crippen LogP contribution in [0.3, 0.4) is 0 Å². The summed E-state index contributed by atoms with van der Waals surface area (Å²) in [6, 6.07) is 18.1. The third-order valence-electron chi connectivity index (χ3n) is 9.49. The van der Waals surface area contributed by atoms with Crippen molar-refractivity contribution in [1.82, 2.24) is 4.72 Å². The molecule has 2 aliphatic heterocycles. The number of aryl methyl sites for hydroxylation is 1. The molecule has 2 heterocycles. The number of hydrogen-bond acceptors (Lipinski definition) is 6. The van der Waals surface area contributed by atoms with E-state index in [-0.39, 0.29) is 16.7 Å². The first-order valence-electron chi connectivity index (χ1n) is 14.5. The second-order valence-corrected chi connectivity index (χ2v) is 15.8. The summed E-state index contributed by atoms with van der Waals surface area (Å²) in [5, 5.41) is 0.724. The molecule has 42 heavy (non-hydrogen) atoms. The lowest BCUT2D eigenvalue weighted by Gasteiger charge is -2.44. The number of carbonyl (C=O) groups is 1. The molecule has 0 saturated heterocycles. The van der Waals surface area contributed by atoms with Gasteiger partial charge in [-0.2, -0.15) is 0 Å². The maximum atomic E-state index is 13.4. The summed E-state index contributed by atoms with van der Waals surface area (Å²) < 4.78 is 49.0. The number of anilines is 1. The van der Waals surface area contributed by atoms with Crippen LogP contribution in [0.4, 0.5) is 5.69 Å². The predicted octanol–water partition coefficient (Wildman–Crippen LogP) is 5.01. The molecule has 1 N–H and O–H groups in total. The molecule has 1 fully saturated rings. The van der Waals surface area contributed by atoms with Crippen LogP contribution in [-0.2, 0) is 44.3 Å². The van der Waals surface area contributed by atoms with Crippen molar-refractivity contribution in [2.45, 2.75) is 53.7 Å². The van der Waals surface area contributed by atoms with Crippen LogP contribution in [0.25, 0.3) is 0 Å². The largest absolute Gasteiger partial charge is 0.611 e. The van der Waals surface area contributed by atoms with Gasteiger partial charge in [0.2, 0.25) is 5.91 Å². The third-order valence-corrected chi connectivity index (χ3v) is 12.6. The molecule has 1 amide bonds. The first-order valence-corrected chi connectivity index (χ1v) is 17.7. The van der Waals surface area contributed by atoms with Gasteiger partial charge in [0.25, 0.3) is 10.0 Å². The van der Waals surface area contributed by atoms with Gasteiger partial charge in [0, 0.05) is 29.4 Å². The van der Waals surface area contributed by atoms with Crippen molar-refractivity contribution in [2.24, 2.45) is 11.8 Å². The molecule has 1 saturated carbocycles. The van der Waals surface area contributed by atoms with E-state index < -0.39 is 27.1 Å². The molecular formula is C32H33ClN2O5S2. The van der Waals surface area contributed by atoms with E-state index in [1.807, 2.05) is 12.1 Å². The summed E-state index contributed by atoms with van der Waals surface area (Å²) in [5.41, 5.74) is 3.54. The Morgan fingerprint density at radius 1 is 1.07 bits per heavy atom. The van der Waals surface area contributed by atoms with E-state index in [2.05, 4.69) is 21.8 Å². The van der Waals surface area contributed by atoms with Crippen molar-refractivity contribution in [3.8, 4) is 5.75 Å². The number of benzene rings is 3. The number of sulfonamides is 1. The topological polar surface area (TPSA) is 98.8 Å². The minimum Gasteiger partial charge on any atom is -0.611 e. The van der Waals surface area contributed by atoms with E-state index in [4.69, 9.17) is 16.3 Å². The SMILES string of the molecule is O=C1Cc2cccc(c2)[S+]([O-])C[C@@H]2CC[C@H]2CN2C[C@@]3(CCCc4cc(Cl)ccc43)COc3ccc(cc32)S(=O)(=O)N1. The van der Waals surface area contributed by atoms with Crippen molar-refractivity contribution >= 4 is 44.4 Å². The zero-order valence-corrected chi connectivity index (χ0v) is 25.6. The normalized spacial score (nSPS) is 28.4. The van der Waals surface area contributed by atoms with E-state index in [1.165, 1.54) is 17.2 Å². The Morgan fingerprint density at radius 2 is 1.93 bits per heavy atom. The fourth-order valence-corrected chi connectivity index (χ4v) is 9.89. The molecule has 7 nitrogen and oxygen atoms in total. The summed E-state index contributed by atoms with van der Waals surface area (Å²) in [7, 11) is -4.13. The van der Waals surface area contributed by atoms with Crippen LogP contribution in [0, 0.1) is 11.8 Å². The van der Waals surface area contributed by atoms with Gasteiger partial charge in [-0.15, -0.1) is 0 Å². The zero-order valence-electron chi connectivity index (χ0n) is 23.2. The average Bonchev–Trinajstić information content (AvgIpc) is 3.10.